The number of hydrogen-bond acceptors (Lipinski definition) is 9. The SMILES string of the molecule is COc1cc(OC)c2c(=O)cc(SC3=CNN(N)S3)oc2c1. The van der Waals surface area contributed by atoms with Gasteiger partial charge in [-0.3, -0.25) is 4.79 Å². The maximum absolute atomic E-state index is 12.3. The molecule has 2 heterocycles. The zero-order valence-corrected chi connectivity index (χ0v) is 13.4. The van der Waals surface area contributed by atoms with Gasteiger partial charge in [-0.15, -0.1) is 0 Å². The van der Waals surface area contributed by atoms with Crippen LogP contribution in [0.4, 0.5) is 0 Å². The van der Waals surface area contributed by atoms with Gasteiger partial charge in [0.1, 0.15) is 22.5 Å². The number of thioether (sulfide) groups is 1. The smallest absolute Gasteiger partial charge is 0.197 e. The maximum atomic E-state index is 12.3. The van der Waals surface area contributed by atoms with Crippen molar-refractivity contribution in [3.8, 4) is 11.5 Å². The van der Waals surface area contributed by atoms with Crippen LogP contribution in [0.1, 0.15) is 0 Å². The van der Waals surface area contributed by atoms with Crippen molar-refractivity contribution >= 4 is 34.7 Å². The number of hydrogen-bond donors (Lipinski definition) is 2. The highest BCUT2D eigenvalue weighted by atomic mass is 32.2. The van der Waals surface area contributed by atoms with E-state index in [1.54, 1.807) is 25.4 Å². The average Bonchev–Trinajstić information content (AvgIpc) is 2.90. The van der Waals surface area contributed by atoms with Crippen LogP contribution in [-0.4, -0.2) is 18.7 Å². The van der Waals surface area contributed by atoms with Crippen LogP contribution < -0.4 is 26.2 Å². The van der Waals surface area contributed by atoms with E-state index in [0.717, 1.165) is 4.24 Å². The Kier molecular flexibility index (Phi) is 4.21. The van der Waals surface area contributed by atoms with Gasteiger partial charge in [0.15, 0.2) is 10.5 Å². The largest absolute Gasteiger partial charge is 0.496 e. The van der Waals surface area contributed by atoms with Crippen LogP contribution in [0.15, 0.2) is 42.9 Å². The molecule has 0 amide bonds. The number of rotatable bonds is 4. The molecule has 0 unspecified atom stereocenters. The van der Waals surface area contributed by atoms with E-state index in [-0.39, 0.29) is 5.43 Å². The molecule has 9 heteroatoms. The van der Waals surface area contributed by atoms with Crippen molar-refractivity contribution in [2.75, 3.05) is 14.2 Å². The number of fused-ring (bicyclic) bond motifs is 1. The van der Waals surface area contributed by atoms with Crippen molar-refractivity contribution in [3.63, 3.8) is 0 Å². The zero-order chi connectivity index (χ0) is 15.7. The first-order valence-corrected chi connectivity index (χ1v) is 7.76. The lowest BCUT2D eigenvalue weighted by atomic mass is 10.2. The van der Waals surface area contributed by atoms with E-state index in [1.807, 2.05) is 0 Å². The van der Waals surface area contributed by atoms with Crippen molar-refractivity contribution in [1.29, 1.82) is 0 Å². The van der Waals surface area contributed by atoms with E-state index >= 15 is 0 Å². The molecule has 1 aliphatic heterocycles. The topological polar surface area (TPSA) is 90.0 Å². The van der Waals surface area contributed by atoms with Gasteiger partial charge < -0.3 is 19.3 Å². The minimum atomic E-state index is -0.176. The average molecular weight is 339 g/mol. The molecule has 0 atom stereocenters. The van der Waals surface area contributed by atoms with Crippen molar-refractivity contribution in [3.05, 3.63) is 38.9 Å². The molecule has 1 aromatic carbocycles. The lowest BCUT2D eigenvalue weighted by Gasteiger charge is -2.09. The molecule has 3 rings (SSSR count). The first-order valence-electron chi connectivity index (χ1n) is 6.17. The number of ether oxygens (including phenoxy) is 2. The van der Waals surface area contributed by atoms with Gasteiger partial charge in [-0.2, -0.15) is 0 Å². The summed E-state index contributed by atoms with van der Waals surface area (Å²) in [6.07, 6.45) is 1.73. The number of methoxy groups -OCH3 is 2. The Morgan fingerprint density at radius 2 is 2.14 bits per heavy atom. The van der Waals surface area contributed by atoms with E-state index < -0.39 is 0 Å². The summed E-state index contributed by atoms with van der Waals surface area (Å²) in [6.45, 7) is 0. The summed E-state index contributed by atoms with van der Waals surface area (Å²) in [5.74, 6) is 6.54. The van der Waals surface area contributed by atoms with E-state index in [9.17, 15) is 4.79 Å². The Balaban J connectivity index is 2.05. The summed E-state index contributed by atoms with van der Waals surface area (Å²) in [4.78, 5) is 12.3. The highest BCUT2D eigenvalue weighted by Crippen LogP contribution is 2.38. The summed E-state index contributed by atoms with van der Waals surface area (Å²) in [5.41, 5.74) is 3.04. The molecule has 1 aliphatic rings. The number of benzene rings is 1. The standard InChI is InChI=1S/C13H13N3O4S2/c1-18-7-3-9(19-2)13-8(17)5-11(20-10(13)4-7)21-12-6-15-16(14)22-12/h3-6,15H,14H2,1-2H3. The first-order chi connectivity index (χ1) is 10.6. The molecule has 0 bridgehead atoms. The van der Waals surface area contributed by atoms with Gasteiger partial charge >= 0.3 is 0 Å². The molecule has 116 valence electrons. The second-order valence-corrected chi connectivity index (χ2v) is 6.56. The quantitative estimate of drug-likeness (QED) is 0.641. The summed E-state index contributed by atoms with van der Waals surface area (Å²) in [7, 11) is 3.04. The van der Waals surface area contributed by atoms with Crippen molar-refractivity contribution < 1.29 is 13.9 Å². The van der Waals surface area contributed by atoms with Gasteiger partial charge in [-0.05, 0) is 11.8 Å². The lowest BCUT2D eigenvalue weighted by molar-refractivity contribution is 0.394. The molecule has 0 aliphatic carbocycles. The number of hydrazine groups is 2. The molecule has 1 aromatic heterocycles. The molecule has 7 nitrogen and oxygen atoms in total. The third-order valence-corrected chi connectivity index (χ3v) is 4.70. The normalized spacial score (nSPS) is 14.8. The van der Waals surface area contributed by atoms with Crippen molar-refractivity contribution in [1.82, 2.24) is 9.95 Å². The lowest BCUT2D eigenvalue weighted by Crippen LogP contribution is -2.30. The van der Waals surface area contributed by atoms with Crippen LogP contribution in [0.2, 0.25) is 0 Å². The van der Waals surface area contributed by atoms with Crippen LogP contribution in [0.5, 0.6) is 11.5 Å². The van der Waals surface area contributed by atoms with Crippen molar-refractivity contribution in [2.45, 2.75) is 5.09 Å². The van der Waals surface area contributed by atoms with Crippen LogP contribution in [0.3, 0.4) is 0 Å². The highest BCUT2D eigenvalue weighted by molar-refractivity contribution is 8.21. The van der Waals surface area contributed by atoms with Crippen LogP contribution in [0, 0.1) is 0 Å². The van der Waals surface area contributed by atoms with Crippen LogP contribution >= 0.6 is 23.7 Å². The number of nitrogens with one attached hydrogen (secondary N) is 1. The van der Waals surface area contributed by atoms with E-state index in [0.29, 0.717) is 27.6 Å². The van der Waals surface area contributed by atoms with E-state index in [2.05, 4.69) is 5.43 Å². The predicted octanol–water partition coefficient (Wildman–Crippen LogP) is 2.04. The van der Waals surface area contributed by atoms with Gasteiger partial charge in [-0.25, -0.2) is 5.84 Å². The second-order valence-electron chi connectivity index (χ2n) is 4.24. The number of nitrogens with two attached hydrogens (primary N) is 1. The molecular formula is C13H13N3O4S2. The molecule has 0 spiro atoms. The highest BCUT2D eigenvalue weighted by Gasteiger charge is 2.17. The van der Waals surface area contributed by atoms with Crippen LogP contribution in [0.25, 0.3) is 11.0 Å². The molecule has 0 saturated heterocycles. The fourth-order valence-corrected chi connectivity index (χ4v) is 3.60. The van der Waals surface area contributed by atoms with E-state index in [4.69, 9.17) is 19.7 Å². The van der Waals surface area contributed by atoms with Gasteiger partial charge in [0.2, 0.25) is 0 Å². The van der Waals surface area contributed by atoms with Crippen molar-refractivity contribution in [2.24, 2.45) is 5.84 Å². The van der Waals surface area contributed by atoms with Gasteiger partial charge in [0.25, 0.3) is 0 Å². The van der Waals surface area contributed by atoms with E-state index in [1.165, 1.54) is 41.4 Å². The Bertz CT molecular complexity index is 806. The molecule has 22 heavy (non-hydrogen) atoms. The first kappa shape index (κ1) is 15.1. The predicted molar refractivity (Wildman–Crippen MR) is 86.3 cm³/mol. The Morgan fingerprint density at radius 1 is 1.32 bits per heavy atom. The fourth-order valence-electron chi connectivity index (χ4n) is 1.95. The summed E-state index contributed by atoms with van der Waals surface area (Å²) >= 11 is 2.60. The summed E-state index contributed by atoms with van der Waals surface area (Å²) in [6, 6.07) is 4.74. The minimum absolute atomic E-state index is 0.176. The summed E-state index contributed by atoms with van der Waals surface area (Å²) < 4.78 is 18.4. The van der Waals surface area contributed by atoms with Gasteiger partial charge in [0, 0.05) is 36.3 Å². The third kappa shape index (κ3) is 2.88. The van der Waals surface area contributed by atoms with Gasteiger partial charge in [0.05, 0.1) is 18.5 Å². The molecule has 0 fully saturated rings. The third-order valence-electron chi connectivity index (χ3n) is 2.90. The fraction of sp³-hybridized carbons (Fsp3) is 0.154. The second kappa shape index (κ2) is 6.13. The Morgan fingerprint density at radius 3 is 2.77 bits per heavy atom. The minimum Gasteiger partial charge on any atom is -0.496 e. The molecule has 3 N–H and O–H groups in total. The zero-order valence-electron chi connectivity index (χ0n) is 11.8. The number of nitrogens with zero attached hydrogens (tertiary/aromatic N) is 1. The molecule has 2 aromatic rings. The Labute approximate surface area is 134 Å². The molecular weight excluding hydrogens is 326 g/mol. The monoisotopic (exact) mass is 339 g/mol. The van der Waals surface area contributed by atoms with Gasteiger partial charge in [-0.1, -0.05) is 4.52 Å². The molecule has 0 radical (unpaired) electrons. The molecule has 0 saturated carbocycles. The Hall–Kier alpha value is -1.81. The maximum Gasteiger partial charge on any atom is 0.197 e. The summed E-state index contributed by atoms with van der Waals surface area (Å²) in [5, 5.41) is 0.850. The van der Waals surface area contributed by atoms with Crippen LogP contribution in [-0.2, 0) is 0 Å².